The quantitative estimate of drug-likeness (QED) is 0.391. The molecule has 2 heterocycles. The van der Waals surface area contributed by atoms with Gasteiger partial charge in [0.25, 0.3) is 5.91 Å². The zero-order valence-electron chi connectivity index (χ0n) is 18.7. The summed E-state index contributed by atoms with van der Waals surface area (Å²) in [6.45, 7) is 2.53. The minimum atomic E-state index is -0.784. The largest absolute Gasteiger partial charge is 0.481 e. The van der Waals surface area contributed by atoms with Gasteiger partial charge in [0.1, 0.15) is 17.1 Å². The van der Waals surface area contributed by atoms with Crippen LogP contribution in [-0.4, -0.2) is 43.1 Å². The van der Waals surface area contributed by atoms with Crippen LogP contribution >= 0.6 is 11.6 Å². The third-order valence-electron chi connectivity index (χ3n) is 5.94. The van der Waals surface area contributed by atoms with Gasteiger partial charge in [-0.15, -0.1) is 0 Å². The van der Waals surface area contributed by atoms with E-state index in [1.165, 1.54) is 37.4 Å². The number of fused-ring (bicyclic) bond motifs is 1. The molecule has 3 aromatic rings. The van der Waals surface area contributed by atoms with Crippen molar-refractivity contribution in [2.45, 2.75) is 25.9 Å². The van der Waals surface area contributed by atoms with Crippen LogP contribution in [0.3, 0.4) is 0 Å². The van der Waals surface area contributed by atoms with E-state index in [0.717, 1.165) is 0 Å². The van der Waals surface area contributed by atoms with Crippen molar-refractivity contribution in [1.82, 2.24) is 4.90 Å². The molecule has 1 amide bonds. The van der Waals surface area contributed by atoms with Crippen LogP contribution in [-0.2, 0) is 14.3 Å². The van der Waals surface area contributed by atoms with E-state index in [-0.39, 0.29) is 28.4 Å². The third-order valence-corrected chi connectivity index (χ3v) is 6.25. The van der Waals surface area contributed by atoms with E-state index in [4.69, 9.17) is 25.5 Å². The van der Waals surface area contributed by atoms with E-state index in [0.29, 0.717) is 48.2 Å². The molecule has 34 heavy (non-hydrogen) atoms. The molecule has 0 spiro atoms. The van der Waals surface area contributed by atoms with E-state index in [9.17, 15) is 18.8 Å². The van der Waals surface area contributed by atoms with Crippen molar-refractivity contribution in [2.75, 3.05) is 20.2 Å². The molecule has 1 fully saturated rings. The van der Waals surface area contributed by atoms with Crippen molar-refractivity contribution in [3.05, 3.63) is 63.7 Å². The monoisotopic (exact) mass is 487 g/mol. The third kappa shape index (κ3) is 4.92. The molecule has 9 heteroatoms. The second kappa shape index (κ2) is 9.85. The number of ether oxygens (including phenoxy) is 2. The van der Waals surface area contributed by atoms with Crippen molar-refractivity contribution >= 4 is 34.4 Å². The highest BCUT2D eigenvalue weighted by Gasteiger charge is 2.30. The Kier molecular flexibility index (Phi) is 6.88. The molecule has 1 saturated heterocycles. The average Bonchev–Trinajstić information content (AvgIpc) is 2.82. The summed E-state index contributed by atoms with van der Waals surface area (Å²) in [5.74, 6) is -0.780. The molecule has 178 valence electrons. The number of nitrogens with zero attached hydrogens (tertiary/aromatic N) is 1. The van der Waals surface area contributed by atoms with E-state index < -0.39 is 17.5 Å². The van der Waals surface area contributed by atoms with Crippen LogP contribution in [0.2, 0.25) is 5.02 Å². The van der Waals surface area contributed by atoms with Gasteiger partial charge in [0.05, 0.1) is 18.1 Å². The number of benzene rings is 2. The summed E-state index contributed by atoms with van der Waals surface area (Å²) in [5, 5.41) is 0.756. The number of rotatable bonds is 5. The number of hydrogen-bond acceptors (Lipinski definition) is 6. The molecule has 1 aliphatic heterocycles. The Balaban J connectivity index is 1.53. The first-order valence-electron chi connectivity index (χ1n) is 10.8. The Hall–Kier alpha value is -3.39. The Morgan fingerprint density at radius 3 is 2.53 bits per heavy atom. The van der Waals surface area contributed by atoms with Gasteiger partial charge in [-0.25, -0.2) is 9.18 Å². The molecule has 4 rings (SSSR count). The molecule has 0 radical (unpaired) electrons. The van der Waals surface area contributed by atoms with Crippen molar-refractivity contribution in [1.29, 1.82) is 0 Å². The number of methoxy groups -OCH3 is 1. The van der Waals surface area contributed by atoms with Crippen LogP contribution in [0.1, 0.15) is 19.8 Å². The summed E-state index contributed by atoms with van der Waals surface area (Å²) in [7, 11) is 1.36. The predicted octanol–water partition coefficient (Wildman–Crippen LogP) is 4.43. The van der Waals surface area contributed by atoms with Gasteiger partial charge in [-0.05, 0) is 50.1 Å². The molecule has 1 atom stereocenters. The van der Waals surface area contributed by atoms with Crippen LogP contribution in [0.4, 0.5) is 4.39 Å². The summed E-state index contributed by atoms with van der Waals surface area (Å²) in [4.78, 5) is 38.4. The molecule has 0 bridgehead atoms. The number of carbonyl (C=O) groups excluding carboxylic acids is 2. The van der Waals surface area contributed by atoms with Gasteiger partial charge in [0.2, 0.25) is 0 Å². The molecule has 0 aliphatic carbocycles. The van der Waals surface area contributed by atoms with E-state index in [1.54, 1.807) is 24.0 Å². The molecule has 1 aromatic heterocycles. The highest BCUT2D eigenvalue weighted by Crippen LogP contribution is 2.34. The second-order valence-electron chi connectivity index (χ2n) is 8.14. The molecule has 2 aromatic carbocycles. The lowest BCUT2D eigenvalue weighted by Gasteiger charge is -2.32. The number of piperidine rings is 1. The van der Waals surface area contributed by atoms with E-state index in [2.05, 4.69) is 0 Å². The van der Waals surface area contributed by atoms with Crippen LogP contribution in [0.25, 0.3) is 22.1 Å². The second-order valence-corrected chi connectivity index (χ2v) is 8.55. The van der Waals surface area contributed by atoms with Gasteiger partial charge in [0, 0.05) is 41.7 Å². The SMILES string of the molecule is COC(=O)C1CCN(C(=O)C(C)Oc2ccc3c(-c4ccc(F)cc4Cl)cc(=O)oc3c2)CC1. The Morgan fingerprint density at radius 2 is 1.85 bits per heavy atom. The molecule has 1 aliphatic rings. The van der Waals surface area contributed by atoms with E-state index in [1.807, 2.05) is 0 Å². The number of carbonyl (C=O) groups is 2. The summed E-state index contributed by atoms with van der Waals surface area (Å²) in [5.41, 5.74) is 0.644. The van der Waals surface area contributed by atoms with Crippen LogP contribution < -0.4 is 10.4 Å². The van der Waals surface area contributed by atoms with Gasteiger partial charge < -0.3 is 18.8 Å². The summed E-state index contributed by atoms with van der Waals surface area (Å²) in [6, 6.07) is 10.1. The van der Waals surface area contributed by atoms with Gasteiger partial charge in [-0.2, -0.15) is 0 Å². The molecule has 1 unspecified atom stereocenters. The maximum Gasteiger partial charge on any atom is 0.336 e. The van der Waals surface area contributed by atoms with E-state index >= 15 is 0 Å². The predicted molar refractivity (Wildman–Crippen MR) is 124 cm³/mol. The maximum absolute atomic E-state index is 13.5. The van der Waals surface area contributed by atoms with Crippen molar-refractivity contribution in [2.24, 2.45) is 5.92 Å². The average molecular weight is 488 g/mol. The molecular weight excluding hydrogens is 465 g/mol. The first kappa shape index (κ1) is 23.8. The Morgan fingerprint density at radius 1 is 1.12 bits per heavy atom. The first-order valence-corrected chi connectivity index (χ1v) is 11.2. The smallest absolute Gasteiger partial charge is 0.336 e. The lowest BCUT2D eigenvalue weighted by atomic mass is 9.97. The Labute approximate surface area is 200 Å². The standard InChI is InChI=1S/C25H23ClFNO6/c1-14(24(30)28-9-7-15(8-10-28)25(31)32-2)33-17-4-6-19-20(13-23(29)34-22(19)12-17)18-5-3-16(27)11-21(18)26/h3-6,11-15H,7-10H2,1-2H3. The van der Waals surface area contributed by atoms with Crippen molar-refractivity contribution in [3.63, 3.8) is 0 Å². The fraction of sp³-hybridized carbons (Fsp3) is 0.320. The topological polar surface area (TPSA) is 86.0 Å². The van der Waals surface area contributed by atoms with Gasteiger partial charge in [-0.1, -0.05) is 11.6 Å². The van der Waals surface area contributed by atoms with Crippen LogP contribution in [0.15, 0.2) is 51.7 Å². The Bertz CT molecular complexity index is 1300. The van der Waals surface area contributed by atoms with Crippen molar-refractivity contribution in [3.8, 4) is 16.9 Å². The maximum atomic E-state index is 13.5. The first-order chi connectivity index (χ1) is 16.3. The normalized spacial score (nSPS) is 15.2. The lowest BCUT2D eigenvalue weighted by Crippen LogP contribution is -2.45. The highest BCUT2D eigenvalue weighted by atomic mass is 35.5. The molecule has 0 saturated carbocycles. The number of hydrogen-bond donors (Lipinski definition) is 0. The summed E-state index contributed by atoms with van der Waals surface area (Å²) in [6.07, 6.45) is 0.302. The molecular formula is C25H23ClFNO6. The summed E-state index contributed by atoms with van der Waals surface area (Å²) < 4.78 is 29.4. The zero-order valence-corrected chi connectivity index (χ0v) is 19.4. The highest BCUT2D eigenvalue weighted by molar-refractivity contribution is 6.33. The lowest BCUT2D eigenvalue weighted by molar-refractivity contribution is -0.150. The van der Waals surface area contributed by atoms with Gasteiger partial charge >= 0.3 is 11.6 Å². The van der Waals surface area contributed by atoms with Crippen molar-refractivity contribution < 1.29 is 27.9 Å². The van der Waals surface area contributed by atoms with Crippen LogP contribution in [0, 0.1) is 11.7 Å². The minimum absolute atomic E-state index is 0.169. The van der Waals surface area contributed by atoms with Gasteiger partial charge in [0.15, 0.2) is 6.10 Å². The number of likely N-dealkylation sites (tertiary alicyclic amines) is 1. The number of amides is 1. The fourth-order valence-electron chi connectivity index (χ4n) is 4.16. The number of halogens is 2. The fourth-order valence-corrected chi connectivity index (χ4v) is 4.43. The van der Waals surface area contributed by atoms with Gasteiger partial charge in [-0.3, -0.25) is 9.59 Å². The van der Waals surface area contributed by atoms with Crippen LogP contribution in [0.5, 0.6) is 5.75 Å². The molecule has 7 nitrogen and oxygen atoms in total. The minimum Gasteiger partial charge on any atom is -0.481 e. The zero-order chi connectivity index (χ0) is 24.4. The summed E-state index contributed by atoms with van der Waals surface area (Å²) >= 11 is 6.19. The number of esters is 1. The molecule has 0 N–H and O–H groups in total.